The van der Waals surface area contributed by atoms with Crippen LogP contribution in [0.1, 0.15) is 26.7 Å². The van der Waals surface area contributed by atoms with Gasteiger partial charge in [-0.05, 0) is 31.8 Å². The summed E-state index contributed by atoms with van der Waals surface area (Å²) in [5.74, 6) is 0.721. The number of nitrogens with zero attached hydrogens (tertiary/aromatic N) is 1. The summed E-state index contributed by atoms with van der Waals surface area (Å²) in [5.41, 5.74) is 0. The summed E-state index contributed by atoms with van der Waals surface area (Å²) in [6, 6.07) is 0.395. The van der Waals surface area contributed by atoms with Crippen molar-refractivity contribution >= 4 is 5.91 Å². The fourth-order valence-corrected chi connectivity index (χ4v) is 1.71. The van der Waals surface area contributed by atoms with Crippen LogP contribution in [0.4, 0.5) is 0 Å². The maximum atomic E-state index is 11.3. The van der Waals surface area contributed by atoms with Gasteiger partial charge in [0, 0.05) is 12.6 Å². The SMILES string of the molecule is C=CC(=O)N1C[C@@H](C)CC[C@H]1C. The van der Waals surface area contributed by atoms with E-state index in [1.807, 2.05) is 4.90 Å². The molecule has 0 aromatic heterocycles. The molecular weight excluding hydrogens is 150 g/mol. The normalized spacial score (nSPS) is 30.0. The van der Waals surface area contributed by atoms with E-state index in [0.717, 1.165) is 13.0 Å². The Labute approximate surface area is 74.2 Å². The zero-order valence-corrected chi connectivity index (χ0v) is 7.92. The first-order chi connectivity index (χ1) is 5.65. The molecule has 1 saturated heterocycles. The number of piperidine rings is 1. The lowest BCUT2D eigenvalue weighted by molar-refractivity contribution is -0.130. The van der Waals surface area contributed by atoms with Gasteiger partial charge in [-0.25, -0.2) is 0 Å². The number of hydrogen-bond donors (Lipinski definition) is 0. The highest BCUT2D eigenvalue weighted by Gasteiger charge is 2.24. The fourth-order valence-electron chi connectivity index (χ4n) is 1.71. The first-order valence-corrected chi connectivity index (χ1v) is 4.58. The van der Waals surface area contributed by atoms with Crippen LogP contribution >= 0.6 is 0 Å². The van der Waals surface area contributed by atoms with E-state index in [0.29, 0.717) is 12.0 Å². The Balaban J connectivity index is 2.60. The molecule has 0 N–H and O–H groups in total. The van der Waals surface area contributed by atoms with Crippen molar-refractivity contribution in [2.45, 2.75) is 32.7 Å². The van der Waals surface area contributed by atoms with Crippen LogP contribution in [0.2, 0.25) is 0 Å². The molecule has 1 heterocycles. The largest absolute Gasteiger partial charge is 0.336 e. The van der Waals surface area contributed by atoms with Crippen LogP contribution < -0.4 is 0 Å². The maximum Gasteiger partial charge on any atom is 0.246 e. The Bertz CT molecular complexity index is 188. The summed E-state index contributed by atoms with van der Waals surface area (Å²) in [6.45, 7) is 8.69. The molecule has 0 radical (unpaired) electrons. The van der Waals surface area contributed by atoms with Crippen LogP contribution in [0.25, 0.3) is 0 Å². The first kappa shape index (κ1) is 9.30. The molecule has 0 aliphatic carbocycles. The van der Waals surface area contributed by atoms with E-state index in [9.17, 15) is 4.79 Å². The topological polar surface area (TPSA) is 20.3 Å². The predicted octanol–water partition coefficient (Wildman–Crippen LogP) is 1.82. The Kier molecular flexibility index (Phi) is 2.90. The van der Waals surface area contributed by atoms with Crippen LogP contribution in [0.3, 0.4) is 0 Å². The average Bonchev–Trinajstić information content (AvgIpc) is 2.08. The number of carbonyl (C=O) groups is 1. The molecule has 68 valence electrons. The molecule has 0 unspecified atom stereocenters. The van der Waals surface area contributed by atoms with Gasteiger partial charge in [0.05, 0.1) is 0 Å². The van der Waals surface area contributed by atoms with Crippen LogP contribution in [0, 0.1) is 5.92 Å². The van der Waals surface area contributed by atoms with E-state index in [-0.39, 0.29) is 5.91 Å². The van der Waals surface area contributed by atoms with Gasteiger partial charge in [-0.3, -0.25) is 4.79 Å². The molecule has 0 aromatic carbocycles. The number of likely N-dealkylation sites (tertiary alicyclic amines) is 1. The molecule has 2 atom stereocenters. The molecule has 2 nitrogen and oxygen atoms in total. The molecule has 0 saturated carbocycles. The van der Waals surface area contributed by atoms with Crippen molar-refractivity contribution in [2.24, 2.45) is 5.92 Å². The van der Waals surface area contributed by atoms with Gasteiger partial charge in [-0.1, -0.05) is 13.5 Å². The quantitative estimate of drug-likeness (QED) is 0.545. The zero-order valence-electron chi connectivity index (χ0n) is 7.92. The number of amides is 1. The highest BCUT2D eigenvalue weighted by atomic mass is 16.2. The van der Waals surface area contributed by atoms with Gasteiger partial charge in [-0.15, -0.1) is 0 Å². The minimum atomic E-state index is 0.0778. The Morgan fingerprint density at radius 2 is 2.17 bits per heavy atom. The second kappa shape index (κ2) is 3.74. The van der Waals surface area contributed by atoms with Gasteiger partial charge in [-0.2, -0.15) is 0 Å². The average molecular weight is 167 g/mol. The zero-order chi connectivity index (χ0) is 9.14. The fraction of sp³-hybridized carbons (Fsp3) is 0.700. The van der Waals surface area contributed by atoms with Crippen LogP contribution in [-0.4, -0.2) is 23.4 Å². The van der Waals surface area contributed by atoms with E-state index in [2.05, 4.69) is 20.4 Å². The summed E-state index contributed by atoms with van der Waals surface area (Å²) >= 11 is 0. The third-order valence-corrected chi connectivity index (χ3v) is 2.58. The third-order valence-electron chi connectivity index (χ3n) is 2.58. The van der Waals surface area contributed by atoms with E-state index >= 15 is 0 Å². The lowest BCUT2D eigenvalue weighted by Gasteiger charge is -2.36. The lowest BCUT2D eigenvalue weighted by atomic mass is 9.95. The number of carbonyl (C=O) groups excluding carboxylic acids is 1. The molecule has 1 fully saturated rings. The summed E-state index contributed by atoms with van der Waals surface area (Å²) in [4.78, 5) is 13.2. The van der Waals surface area contributed by atoms with E-state index in [1.165, 1.54) is 12.5 Å². The molecule has 2 heteroatoms. The molecule has 0 spiro atoms. The van der Waals surface area contributed by atoms with Crippen molar-refractivity contribution in [3.63, 3.8) is 0 Å². The highest BCUT2D eigenvalue weighted by molar-refractivity contribution is 5.87. The van der Waals surface area contributed by atoms with Gasteiger partial charge >= 0.3 is 0 Å². The summed E-state index contributed by atoms with van der Waals surface area (Å²) in [5, 5.41) is 0. The standard InChI is InChI=1S/C10H17NO/c1-4-10(12)11-7-8(2)5-6-9(11)3/h4,8-9H,1,5-7H2,2-3H3/t8-,9+/m0/s1. The molecule has 1 amide bonds. The molecule has 12 heavy (non-hydrogen) atoms. The monoisotopic (exact) mass is 167 g/mol. The molecular formula is C10H17NO. The Hall–Kier alpha value is -0.790. The minimum Gasteiger partial charge on any atom is -0.336 e. The predicted molar refractivity (Wildman–Crippen MR) is 49.8 cm³/mol. The van der Waals surface area contributed by atoms with E-state index < -0.39 is 0 Å². The van der Waals surface area contributed by atoms with E-state index in [1.54, 1.807) is 0 Å². The summed E-state index contributed by atoms with van der Waals surface area (Å²) in [7, 11) is 0. The second-order valence-corrected chi connectivity index (χ2v) is 3.73. The van der Waals surface area contributed by atoms with Crippen molar-refractivity contribution in [1.29, 1.82) is 0 Å². The van der Waals surface area contributed by atoms with Gasteiger partial charge < -0.3 is 4.90 Å². The minimum absolute atomic E-state index is 0.0778. The first-order valence-electron chi connectivity index (χ1n) is 4.58. The number of rotatable bonds is 1. The van der Waals surface area contributed by atoms with Crippen molar-refractivity contribution in [3.05, 3.63) is 12.7 Å². The highest BCUT2D eigenvalue weighted by Crippen LogP contribution is 2.21. The van der Waals surface area contributed by atoms with Gasteiger partial charge in [0.15, 0.2) is 0 Å². The van der Waals surface area contributed by atoms with Crippen molar-refractivity contribution < 1.29 is 4.79 Å². The smallest absolute Gasteiger partial charge is 0.246 e. The summed E-state index contributed by atoms with van der Waals surface area (Å²) < 4.78 is 0. The van der Waals surface area contributed by atoms with Crippen molar-refractivity contribution in [3.8, 4) is 0 Å². The van der Waals surface area contributed by atoms with Gasteiger partial charge in [0.25, 0.3) is 0 Å². The third kappa shape index (κ3) is 1.87. The van der Waals surface area contributed by atoms with Crippen LogP contribution in [0.15, 0.2) is 12.7 Å². The van der Waals surface area contributed by atoms with Crippen LogP contribution in [-0.2, 0) is 4.79 Å². The van der Waals surface area contributed by atoms with Crippen molar-refractivity contribution in [1.82, 2.24) is 4.90 Å². The van der Waals surface area contributed by atoms with Gasteiger partial charge in [0.2, 0.25) is 5.91 Å². The molecule has 0 aromatic rings. The van der Waals surface area contributed by atoms with Gasteiger partial charge in [0.1, 0.15) is 0 Å². The number of hydrogen-bond acceptors (Lipinski definition) is 1. The lowest BCUT2D eigenvalue weighted by Crippen LogP contribution is -2.44. The molecule has 1 aliphatic heterocycles. The van der Waals surface area contributed by atoms with E-state index in [4.69, 9.17) is 0 Å². The Morgan fingerprint density at radius 3 is 2.75 bits per heavy atom. The maximum absolute atomic E-state index is 11.3. The Morgan fingerprint density at radius 1 is 1.50 bits per heavy atom. The molecule has 0 bridgehead atoms. The molecule has 1 rings (SSSR count). The molecule has 1 aliphatic rings. The summed E-state index contributed by atoms with van der Waals surface area (Å²) in [6.07, 6.45) is 3.78. The van der Waals surface area contributed by atoms with Crippen molar-refractivity contribution in [2.75, 3.05) is 6.54 Å². The second-order valence-electron chi connectivity index (χ2n) is 3.73. The van der Waals surface area contributed by atoms with Crippen LogP contribution in [0.5, 0.6) is 0 Å².